The first-order valence-corrected chi connectivity index (χ1v) is 9.81. The second-order valence-electron chi connectivity index (χ2n) is 6.26. The zero-order valence-corrected chi connectivity index (χ0v) is 16.9. The first-order chi connectivity index (χ1) is 11.8. The molecule has 3 rings (SSSR count). The number of benzene rings is 2. The van der Waals surface area contributed by atoms with Crippen molar-refractivity contribution >= 4 is 34.0 Å². The summed E-state index contributed by atoms with van der Waals surface area (Å²) < 4.78 is 32.8. The van der Waals surface area contributed by atoms with E-state index in [2.05, 4.69) is 0 Å². The van der Waals surface area contributed by atoms with Crippen molar-refractivity contribution in [1.29, 1.82) is 0 Å². The van der Waals surface area contributed by atoms with Gasteiger partial charge in [0.05, 0.1) is 17.0 Å². The van der Waals surface area contributed by atoms with E-state index < -0.39 is 10.0 Å². The van der Waals surface area contributed by atoms with Crippen LogP contribution >= 0.6 is 24.0 Å². The van der Waals surface area contributed by atoms with Gasteiger partial charge in [0.25, 0.3) is 0 Å². The number of aryl methyl sites for hydroxylation is 1. The largest absolute Gasteiger partial charge is 0.495 e. The topological polar surface area (TPSA) is 72.6 Å². The number of ether oxygens (including phenoxy) is 1. The number of rotatable bonds is 4. The molecule has 0 radical (unpaired) electrons. The SMILES string of the molecule is COc1cc(C)c(S(=O)(=O)N2C[C@@H](N)[C@H](c3ccccc3)C2)cc1Cl.Cl. The molecular weight excluding hydrogens is 395 g/mol. The summed E-state index contributed by atoms with van der Waals surface area (Å²) in [5, 5.41) is 0.273. The molecule has 0 saturated carbocycles. The monoisotopic (exact) mass is 416 g/mol. The average molecular weight is 417 g/mol. The maximum absolute atomic E-state index is 13.1. The highest BCUT2D eigenvalue weighted by Crippen LogP contribution is 2.35. The fourth-order valence-electron chi connectivity index (χ4n) is 3.25. The molecule has 0 amide bonds. The highest BCUT2D eigenvalue weighted by molar-refractivity contribution is 7.89. The van der Waals surface area contributed by atoms with Crippen molar-refractivity contribution < 1.29 is 13.2 Å². The van der Waals surface area contributed by atoms with Crippen LogP contribution in [0.15, 0.2) is 47.4 Å². The van der Waals surface area contributed by atoms with Crippen LogP contribution in [0.25, 0.3) is 0 Å². The van der Waals surface area contributed by atoms with Crippen LogP contribution < -0.4 is 10.5 Å². The van der Waals surface area contributed by atoms with Crippen LogP contribution in [-0.2, 0) is 10.0 Å². The molecule has 2 aromatic carbocycles. The third kappa shape index (κ3) is 3.85. The minimum atomic E-state index is -3.68. The van der Waals surface area contributed by atoms with Gasteiger partial charge in [0.15, 0.2) is 0 Å². The van der Waals surface area contributed by atoms with Gasteiger partial charge in [0, 0.05) is 25.0 Å². The lowest BCUT2D eigenvalue weighted by Gasteiger charge is -2.19. The molecule has 26 heavy (non-hydrogen) atoms. The summed E-state index contributed by atoms with van der Waals surface area (Å²) in [5.41, 5.74) is 7.89. The maximum atomic E-state index is 13.1. The Balaban J connectivity index is 0.00000243. The van der Waals surface area contributed by atoms with Gasteiger partial charge >= 0.3 is 0 Å². The minimum absolute atomic E-state index is 0. The quantitative estimate of drug-likeness (QED) is 0.830. The van der Waals surface area contributed by atoms with Gasteiger partial charge in [0.1, 0.15) is 5.75 Å². The second kappa shape index (κ2) is 8.15. The Morgan fingerprint density at radius 1 is 1.19 bits per heavy atom. The summed E-state index contributed by atoms with van der Waals surface area (Å²) in [5.74, 6) is 0.434. The Bertz CT molecular complexity index is 876. The van der Waals surface area contributed by atoms with E-state index in [0.717, 1.165) is 5.56 Å². The summed E-state index contributed by atoms with van der Waals surface area (Å²) in [7, 11) is -2.18. The Labute approximate surface area is 165 Å². The van der Waals surface area contributed by atoms with Crippen LogP contribution in [0.4, 0.5) is 0 Å². The van der Waals surface area contributed by atoms with Crippen LogP contribution in [0, 0.1) is 6.92 Å². The van der Waals surface area contributed by atoms with E-state index in [1.54, 1.807) is 13.0 Å². The van der Waals surface area contributed by atoms with E-state index in [4.69, 9.17) is 22.1 Å². The summed E-state index contributed by atoms with van der Waals surface area (Å²) in [6, 6.07) is 12.6. The Morgan fingerprint density at radius 3 is 2.46 bits per heavy atom. The van der Waals surface area contributed by atoms with Crippen molar-refractivity contribution in [3.63, 3.8) is 0 Å². The average Bonchev–Trinajstić information content (AvgIpc) is 3.00. The molecule has 0 spiro atoms. The molecule has 0 aliphatic carbocycles. The second-order valence-corrected chi connectivity index (χ2v) is 8.57. The number of hydrogen-bond acceptors (Lipinski definition) is 4. The number of nitrogens with zero attached hydrogens (tertiary/aromatic N) is 1. The van der Waals surface area contributed by atoms with E-state index in [0.29, 0.717) is 17.9 Å². The molecule has 1 aliphatic rings. The van der Waals surface area contributed by atoms with Crippen molar-refractivity contribution in [2.24, 2.45) is 5.73 Å². The summed E-state index contributed by atoms with van der Waals surface area (Å²) >= 11 is 6.13. The van der Waals surface area contributed by atoms with E-state index in [9.17, 15) is 8.42 Å². The van der Waals surface area contributed by atoms with Crippen LogP contribution in [-0.4, -0.2) is 39.0 Å². The summed E-state index contributed by atoms with van der Waals surface area (Å²) in [4.78, 5) is 0.194. The number of halogens is 2. The molecule has 0 unspecified atom stereocenters. The van der Waals surface area contributed by atoms with E-state index in [-0.39, 0.29) is 40.8 Å². The van der Waals surface area contributed by atoms with Crippen molar-refractivity contribution in [3.05, 3.63) is 58.6 Å². The van der Waals surface area contributed by atoms with Crippen molar-refractivity contribution in [3.8, 4) is 5.75 Å². The van der Waals surface area contributed by atoms with Gasteiger partial charge in [-0.3, -0.25) is 0 Å². The molecule has 1 fully saturated rings. The molecule has 1 heterocycles. The van der Waals surface area contributed by atoms with Crippen LogP contribution in [0.3, 0.4) is 0 Å². The number of hydrogen-bond donors (Lipinski definition) is 1. The molecular formula is C18H22Cl2N2O3S. The molecule has 2 aromatic rings. The third-order valence-electron chi connectivity index (χ3n) is 4.63. The smallest absolute Gasteiger partial charge is 0.243 e. The lowest BCUT2D eigenvalue weighted by molar-refractivity contribution is 0.414. The Hall–Kier alpha value is -1.31. The predicted octanol–water partition coefficient (Wildman–Crippen LogP) is 3.19. The minimum Gasteiger partial charge on any atom is -0.495 e. The Morgan fingerprint density at radius 2 is 1.85 bits per heavy atom. The molecule has 2 atom stereocenters. The fraction of sp³-hybridized carbons (Fsp3) is 0.333. The first kappa shape index (κ1) is 21.0. The lowest BCUT2D eigenvalue weighted by atomic mass is 9.95. The third-order valence-corrected chi connectivity index (χ3v) is 6.90. The number of nitrogens with two attached hydrogens (primary N) is 1. The van der Waals surface area contributed by atoms with Crippen LogP contribution in [0.2, 0.25) is 5.02 Å². The molecule has 2 N–H and O–H groups in total. The van der Waals surface area contributed by atoms with E-state index >= 15 is 0 Å². The maximum Gasteiger partial charge on any atom is 0.243 e. The van der Waals surface area contributed by atoms with Gasteiger partial charge in [-0.25, -0.2) is 8.42 Å². The number of sulfonamides is 1. The highest BCUT2D eigenvalue weighted by atomic mass is 35.5. The molecule has 142 valence electrons. The highest BCUT2D eigenvalue weighted by Gasteiger charge is 2.39. The van der Waals surface area contributed by atoms with Crippen molar-refractivity contribution in [1.82, 2.24) is 4.31 Å². The zero-order valence-electron chi connectivity index (χ0n) is 14.6. The van der Waals surface area contributed by atoms with Gasteiger partial charge in [0.2, 0.25) is 10.0 Å². The first-order valence-electron chi connectivity index (χ1n) is 7.99. The molecule has 8 heteroatoms. The normalized spacial score (nSPS) is 20.6. The van der Waals surface area contributed by atoms with Gasteiger partial charge < -0.3 is 10.5 Å². The molecule has 1 aliphatic heterocycles. The fourth-order valence-corrected chi connectivity index (χ4v) is 5.29. The molecule has 0 aromatic heterocycles. The summed E-state index contributed by atoms with van der Waals surface area (Å²) in [6.45, 7) is 2.37. The molecule has 1 saturated heterocycles. The van der Waals surface area contributed by atoms with Gasteiger partial charge in [-0.15, -0.1) is 12.4 Å². The number of methoxy groups -OCH3 is 1. The zero-order chi connectivity index (χ0) is 18.2. The molecule has 5 nitrogen and oxygen atoms in total. The van der Waals surface area contributed by atoms with Crippen molar-refractivity contribution in [2.45, 2.75) is 23.8 Å². The van der Waals surface area contributed by atoms with Gasteiger partial charge in [-0.1, -0.05) is 41.9 Å². The van der Waals surface area contributed by atoms with E-state index in [1.165, 1.54) is 17.5 Å². The van der Waals surface area contributed by atoms with Gasteiger partial charge in [-0.2, -0.15) is 4.31 Å². The Kier molecular flexibility index (Phi) is 6.58. The van der Waals surface area contributed by atoms with Crippen LogP contribution in [0.1, 0.15) is 17.0 Å². The molecule has 0 bridgehead atoms. The van der Waals surface area contributed by atoms with Crippen LogP contribution in [0.5, 0.6) is 5.75 Å². The van der Waals surface area contributed by atoms with E-state index in [1.807, 2.05) is 30.3 Å². The van der Waals surface area contributed by atoms with Gasteiger partial charge in [-0.05, 0) is 30.2 Å². The standard InChI is InChI=1S/C18H21ClN2O3S.ClH/c1-12-8-17(24-2)15(19)9-18(12)25(22,23)21-10-14(16(20)11-21)13-6-4-3-5-7-13;/h3-9,14,16H,10-11,20H2,1-2H3;1H/t14-,16+;/m0./s1. The summed E-state index contributed by atoms with van der Waals surface area (Å²) in [6.07, 6.45) is 0. The predicted molar refractivity (Wildman–Crippen MR) is 106 cm³/mol. The lowest BCUT2D eigenvalue weighted by Crippen LogP contribution is -2.32. The van der Waals surface area contributed by atoms with Crippen molar-refractivity contribution in [2.75, 3.05) is 20.2 Å².